The van der Waals surface area contributed by atoms with Crippen molar-refractivity contribution in [2.75, 3.05) is 33.2 Å². The first-order valence-electron chi connectivity index (χ1n) is 11.8. The highest BCUT2D eigenvalue weighted by molar-refractivity contribution is 5.94. The van der Waals surface area contributed by atoms with E-state index in [0.29, 0.717) is 12.1 Å². The zero-order valence-corrected chi connectivity index (χ0v) is 19.5. The molecule has 6 nitrogen and oxygen atoms in total. The SMILES string of the molecule is CCNC(=NCc1ccc(CN2CCCCC2)cc1)NCCc1cccc(C(=O)NC)c1. The summed E-state index contributed by atoms with van der Waals surface area (Å²) in [4.78, 5) is 19.1. The Kier molecular flexibility index (Phi) is 9.57. The van der Waals surface area contributed by atoms with E-state index >= 15 is 0 Å². The average Bonchev–Trinajstić information content (AvgIpc) is 2.84. The van der Waals surface area contributed by atoms with Crippen molar-refractivity contribution in [2.24, 2.45) is 4.99 Å². The standard InChI is InChI=1S/C26H37N5O/c1-3-28-26(29-15-14-21-8-7-9-24(18-21)25(32)27-2)30-19-22-10-12-23(13-11-22)20-31-16-5-4-6-17-31/h7-13,18H,3-6,14-17,19-20H2,1-2H3,(H,27,32)(H2,28,29,30). The summed E-state index contributed by atoms with van der Waals surface area (Å²) in [7, 11) is 1.65. The van der Waals surface area contributed by atoms with Gasteiger partial charge in [-0.1, -0.05) is 42.8 Å². The Balaban J connectivity index is 1.49. The van der Waals surface area contributed by atoms with Gasteiger partial charge < -0.3 is 16.0 Å². The highest BCUT2D eigenvalue weighted by atomic mass is 16.1. The van der Waals surface area contributed by atoms with Crippen molar-refractivity contribution >= 4 is 11.9 Å². The molecule has 1 aliphatic rings. The van der Waals surface area contributed by atoms with E-state index in [-0.39, 0.29) is 5.91 Å². The predicted molar refractivity (Wildman–Crippen MR) is 132 cm³/mol. The first-order chi connectivity index (χ1) is 15.7. The van der Waals surface area contributed by atoms with Crippen molar-refractivity contribution in [3.8, 4) is 0 Å². The fraction of sp³-hybridized carbons (Fsp3) is 0.462. The number of nitrogens with one attached hydrogen (secondary N) is 3. The zero-order chi connectivity index (χ0) is 22.6. The van der Waals surface area contributed by atoms with Crippen LogP contribution in [0.15, 0.2) is 53.5 Å². The van der Waals surface area contributed by atoms with Gasteiger partial charge in [0, 0.05) is 32.2 Å². The van der Waals surface area contributed by atoms with Crippen LogP contribution in [0.3, 0.4) is 0 Å². The Morgan fingerprint density at radius 2 is 1.72 bits per heavy atom. The number of rotatable bonds is 9. The van der Waals surface area contributed by atoms with Crippen molar-refractivity contribution in [3.63, 3.8) is 0 Å². The molecule has 1 amide bonds. The van der Waals surface area contributed by atoms with Gasteiger partial charge in [0.2, 0.25) is 0 Å². The van der Waals surface area contributed by atoms with Gasteiger partial charge in [-0.25, -0.2) is 4.99 Å². The van der Waals surface area contributed by atoms with Crippen molar-refractivity contribution < 1.29 is 4.79 Å². The monoisotopic (exact) mass is 435 g/mol. The first kappa shape index (κ1) is 23.8. The van der Waals surface area contributed by atoms with Gasteiger partial charge in [0.05, 0.1) is 6.54 Å². The van der Waals surface area contributed by atoms with Crippen LogP contribution in [-0.2, 0) is 19.5 Å². The maximum absolute atomic E-state index is 11.8. The van der Waals surface area contributed by atoms with Gasteiger partial charge in [-0.3, -0.25) is 9.69 Å². The molecule has 172 valence electrons. The molecule has 1 heterocycles. The second-order valence-electron chi connectivity index (χ2n) is 8.30. The molecule has 0 unspecified atom stereocenters. The summed E-state index contributed by atoms with van der Waals surface area (Å²) in [6.07, 6.45) is 4.84. The molecule has 0 atom stereocenters. The molecule has 0 spiro atoms. The van der Waals surface area contributed by atoms with Crippen LogP contribution < -0.4 is 16.0 Å². The molecule has 0 aromatic heterocycles. The smallest absolute Gasteiger partial charge is 0.251 e. The highest BCUT2D eigenvalue weighted by Crippen LogP contribution is 2.14. The third kappa shape index (κ3) is 7.68. The third-order valence-corrected chi connectivity index (χ3v) is 5.76. The number of hydrogen-bond donors (Lipinski definition) is 3. The number of likely N-dealkylation sites (tertiary alicyclic amines) is 1. The molecule has 0 aliphatic carbocycles. The van der Waals surface area contributed by atoms with E-state index in [2.05, 4.69) is 52.0 Å². The molecular weight excluding hydrogens is 398 g/mol. The van der Waals surface area contributed by atoms with Crippen molar-refractivity contribution in [2.45, 2.75) is 45.7 Å². The van der Waals surface area contributed by atoms with Crippen LogP contribution in [-0.4, -0.2) is 50.0 Å². The average molecular weight is 436 g/mol. The van der Waals surface area contributed by atoms with E-state index in [1.165, 1.54) is 43.5 Å². The molecule has 3 rings (SSSR count). The lowest BCUT2D eigenvalue weighted by molar-refractivity contribution is 0.0963. The Labute approximate surface area is 192 Å². The maximum atomic E-state index is 11.8. The van der Waals surface area contributed by atoms with Crippen LogP contribution in [0, 0.1) is 0 Å². The summed E-state index contributed by atoms with van der Waals surface area (Å²) in [5.74, 6) is 0.754. The summed E-state index contributed by atoms with van der Waals surface area (Å²) in [5.41, 5.74) is 4.40. The Bertz CT molecular complexity index is 872. The molecule has 2 aromatic carbocycles. The number of benzene rings is 2. The van der Waals surface area contributed by atoms with E-state index < -0.39 is 0 Å². The van der Waals surface area contributed by atoms with E-state index in [9.17, 15) is 4.79 Å². The number of carbonyl (C=O) groups excluding carboxylic acids is 1. The molecule has 1 saturated heterocycles. The van der Waals surface area contributed by atoms with E-state index in [1.807, 2.05) is 24.3 Å². The fourth-order valence-corrected chi connectivity index (χ4v) is 3.98. The summed E-state index contributed by atoms with van der Waals surface area (Å²) in [6, 6.07) is 16.6. The summed E-state index contributed by atoms with van der Waals surface area (Å²) >= 11 is 0. The number of piperidine rings is 1. The minimum atomic E-state index is -0.0587. The van der Waals surface area contributed by atoms with Gasteiger partial charge in [-0.15, -0.1) is 0 Å². The van der Waals surface area contributed by atoms with Crippen LogP contribution in [0.4, 0.5) is 0 Å². The minimum Gasteiger partial charge on any atom is -0.357 e. The summed E-state index contributed by atoms with van der Waals surface area (Å²) in [6.45, 7) is 7.77. The largest absolute Gasteiger partial charge is 0.357 e. The van der Waals surface area contributed by atoms with Gasteiger partial charge in [-0.2, -0.15) is 0 Å². The fourth-order valence-electron chi connectivity index (χ4n) is 3.98. The molecular formula is C26H37N5O. The molecule has 0 bridgehead atoms. The van der Waals surface area contributed by atoms with Crippen LogP contribution in [0.2, 0.25) is 0 Å². The van der Waals surface area contributed by atoms with E-state index in [4.69, 9.17) is 4.99 Å². The molecule has 0 saturated carbocycles. The number of hydrogen-bond acceptors (Lipinski definition) is 3. The zero-order valence-electron chi connectivity index (χ0n) is 19.5. The minimum absolute atomic E-state index is 0.0587. The van der Waals surface area contributed by atoms with E-state index in [0.717, 1.165) is 37.6 Å². The summed E-state index contributed by atoms with van der Waals surface area (Å²) < 4.78 is 0. The Morgan fingerprint density at radius 1 is 0.969 bits per heavy atom. The molecule has 3 N–H and O–H groups in total. The van der Waals surface area contributed by atoms with Gasteiger partial charge >= 0.3 is 0 Å². The molecule has 6 heteroatoms. The topological polar surface area (TPSA) is 68.8 Å². The van der Waals surface area contributed by atoms with Gasteiger partial charge in [0.1, 0.15) is 0 Å². The third-order valence-electron chi connectivity index (χ3n) is 5.76. The highest BCUT2D eigenvalue weighted by Gasteiger charge is 2.10. The van der Waals surface area contributed by atoms with Crippen molar-refractivity contribution in [1.82, 2.24) is 20.9 Å². The van der Waals surface area contributed by atoms with Crippen LogP contribution >= 0.6 is 0 Å². The lowest BCUT2D eigenvalue weighted by Gasteiger charge is -2.26. The Hall–Kier alpha value is -2.86. The van der Waals surface area contributed by atoms with Gasteiger partial charge in [0.15, 0.2) is 5.96 Å². The predicted octanol–water partition coefficient (Wildman–Crippen LogP) is 3.33. The van der Waals surface area contributed by atoms with Crippen molar-refractivity contribution in [1.29, 1.82) is 0 Å². The summed E-state index contributed by atoms with van der Waals surface area (Å²) in [5, 5.41) is 9.38. The van der Waals surface area contributed by atoms with Crippen LogP contribution in [0.5, 0.6) is 0 Å². The molecule has 32 heavy (non-hydrogen) atoms. The number of guanidine groups is 1. The lowest BCUT2D eigenvalue weighted by Crippen LogP contribution is -2.38. The van der Waals surface area contributed by atoms with Crippen LogP contribution in [0.25, 0.3) is 0 Å². The lowest BCUT2D eigenvalue weighted by atomic mass is 10.1. The molecule has 0 radical (unpaired) electrons. The second-order valence-corrected chi connectivity index (χ2v) is 8.30. The number of amides is 1. The molecule has 1 aliphatic heterocycles. The maximum Gasteiger partial charge on any atom is 0.251 e. The van der Waals surface area contributed by atoms with E-state index in [1.54, 1.807) is 7.05 Å². The number of aliphatic imine (C=N–C) groups is 1. The normalized spacial score (nSPS) is 14.8. The molecule has 2 aromatic rings. The number of nitrogens with zero attached hydrogens (tertiary/aromatic N) is 2. The first-order valence-corrected chi connectivity index (χ1v) is 11.8. The van der Waals surface area contributed by atoms with Crippen LogP contribution in [0.1, 0.15) is 53.2 Å². The number of carbonyl (C=O) groups is 1. The van der Waals surface area contributed by atoms with Gasteiger partial charge in [0.25, 0.3) is 5.91 Å². The van der Waals surface area contributed by atoms with Gasteiger partial charge in [-0.05, 0) is 68.1 Å². The quantitative estimate of drug-likeness (QED) is 0.417. The Morgan fingerprint density at radius 3 is 2.44 bits per heavy atom. The van der Waals surface area contributed by atoms with Crippen molar-refractivity contribution in [3.05, 3.63) is 70.8 Å². The second kappa shape index (κ2) is 12.9. The molecule has 1 fully saturated rings.